The van der Waals surface area contributed by atoms with Crippen LogP contribution in [0.25, 0.3) is 0 Å². The summed E-state index contributed by atoms with van der Waals surface area (Å²) in [7, 11) is 0. The fraction of sp³-hybridized carbons (Fsp3) is 0.545. The van der Waals surface area contributed by atoms with Gasteiger partial charge in [0.15, 0.2) is 0 Å². The van der Waals surface area contributed by atoms with Crippen LogP contribution in [0.5, 0.6) is 0 Å². The second-order valence-electron chi connectivity index (χ2n) is 3.96. The van der Waals surface area contributed by atoms with Crippen LogP contribution in [0.1, 0.15) is 18.9 Å². The van der Waals surface area contributed by atoms with Crippen LogP contribution < -0.4 is 5.32 Å². The third-order valence-corrected chi connectivity index (χ3v) is 3.54. The van der Waals surface area contributed by atoms with Crippen molar-refractivity contribution >= 4 is 17.2 Å². The predicted molar refractivity (Wildman–Crippen MR) is 61.8 cm³/mol. The van der Waals surface area contributed by atoms with Crippen LogP contribution in [0.15, 0.2) is 16.8 Å². The minimum Gasteiger partial charge on any atom is -0.341 e. The molecule has 1 aromatic rings. The molecule has 1 unspecified atom stereocenters. The van der Waals surface area contributed by atoms with Crippen LogP contribution in [-0.4, -0.2) is 29.9 Å². The SMILES string of the molecule is CC(=O)N1CCC(NCc2ccsc2)C1. The lowest BCUT2D eigenvalue weighted by molar-refractivity contribution is -0.127. The van der Waals surface area contributed by atoms with Gasteiger partial charge in [-0.15, -0.1) is 0 Å². The van der Waals surface area contributed by atoms with Gasteiger partial charge in [0.1, 0.15) is 0 Å². The lowest BCUT2D eigenvalue weighted by atomic mass is 10.2. The molecule has 1 fully saturated rings. The van der Waals surface area contributed by atoms with Gasteiger partial charge in [-0.1, -0.05) is 0 Å². The lowest BCUT2D eigenvalue weighted by Gasteiger charge is -2.14. The number of thiophene rings is 1. The highest BCUT2D eigenvalue weighted by Gasteiger charge is 2.23. The molecule has 0 bridgehead atoms. The molecule has 1 amide bonds. The van der Waals surface area contributed by atoms with Gasteiger partial charge >= 0.3 is 0 Å². The molecule has 15 heavy (non-hydrogen) atoms. The van der Waals surface area contributed by atoms with Crippen molar-refractivity contribution in [3.63, 3.8) is 0 Å². The van der Waals surface area contributed by atoms with E-state index in [0.717, 1.165) is 26.1 Å². The zero-order valence-corrected chi connectivity index (χ0v) is 9.72. The summed E-state index contributed by atoms with van der Waals surface area (Å²) in [5.74, 6) is 0.190. The van der Waals surface area contributed by atoms with E-state index < -0.39 is 0 Å². The molecule has 82 valence electrons. The molecule has 2 rings (SSSR count). The Labute approximate surface area is 94.1 Å². The molecule has 1 N–H and O–H groups in total. The Balaban J connectivity index is 1.75. The average molecular weight is 224 g/mol. The fourth-order valence-electron chi connectivity index (χ4n) is 1.87. The number of likely N-dealkylation sites (tertiary alicyclic amines) is 1. The van der Waals surface area contributed by atoms with Crippen molar-refractivity contribution in [2.45, 2.75) is 25.9 Å². The first kappa shape index (κ1) is 10.6. The smallest absolute Gasteiger partial charge is 0.219 e. The van der Waals surface area contributed by atoms with E-state index in [-0.39, 0.29) is 5.91 Å². The van der Waals surface area contributed by atoms with Gasteiger partial charge in [0.05, 0.1) is 0 Å². The number of rotatable bonds is 3. The van der Waals surface area contributed by atoms with Gasteiger partial charge in [0.2, 0.25) is 5.91 Å². The maximum Gasteiger partial charge on any atom is 0.219 e. The summed E-state index contributed by atoms with van der Waals surface area (Å²) in [6.45, 7) is 4.32. The first-order chi connectivity index (χ1) is 7.25. The van der Waals surface area contributed by atoms with E-state index in [9.17, 15) is 4.79 Å². The number of carbonyl (C=O) groups is 1. The molecular weight excluding hydrogens is 208 g/mol. The molecule has 0 aromatic carbocycles. The minimum atomic E-state index is 0.190. The van der Waals surface area contributed by atoms with Gasteiger partial charge in [-0.05, 0) is 28.8 Å². The average Bonchev–Trinajstić information content (AvgIpc) is 2.86. The monoisotopic (exact) mass is 224 g/mol. The summed E-state index contributed by atoms with van der Waals surface area (Å²) >= 11 is 1.72. The summed E-state index contributed by atoms with van der Waals surface area (Å²) in [6.07, 6.45) is 1.07. The Kier molecular flexibility index (Phi) is 3.38. The van der Waals surface area contributed by atoms with Crippen molar-refractivity contribution in [3.8, 4) is 0 Å². The van der Waals surface area contributed by atoms with E-state index in [1.54, 1.807) is 18.3 Å². The van der Waals surface area contributed by atoms with Gasteiger partial charge in [-0.2, -0.15) is 11.3 Å². The first-order valence-electron chi connectivity index (χ1n) is 5.25. The Hall–Kier alpha value is -0.870. The minimum absolute atomic E-state index is 0.190. The standard InChI is InChI=1S/C11H16N2OS/c1-9(14)13-4-2-11(7-13)12-6-10-3-5-15-8-10/h3,5,8,11-12H,2,4,6-7H2,1H3. The highest BCUT2D eigenvalue weighted by molar-refractivity contribution is 7.07. The Morgan fingerprint density at radius 3 is 3.20 bits per heavy atom. The van der Waals surface area contributed by atoms with E-state index in [0.29, 0.717) is 6.04 Å². The van der Waals surface area contributed by atoms with Gasteiger partial charge in [0.25, 0.3) is 0 Å². The van der Waals surface area contributed by atoms with E-state index >= 15 is 0 Å². The van der Waals surface area contributed by atoms with Gasteiger partial charge in [0, 0.05) is 32.6 Å². The van der Waals surface area contributed by atoms with E-state index in [1.165, 1.54) is 5.56 Å². The van der Waals surface area contributed by atoms with Crippen molar-refractivity contribution < 1.29 is 4.79 Å². The van der Waals surface area contributed by atoms with Crippen LogP contribution in [0.2, 0.25) is 0 Å². The number of hydrogen-bond donors (Lipinski definition) is 1. The molecule has 0 saturated carbocycles. The Morgan fingerprint density at radius 2 is 2.60 bits per heavy atom. The number of nitrogens with zero attached hydrogens (tertiary/aromatic N) is 1. The lowest BCUT2D eigenvalue weighted by Crippen LogP contribution is -2.33. The zero-order chi connectivity index (χ0) is 10.7. The highest BCUT2D eigenvalue weighted by Crippen LogP contribution is 2.11. The number of amides is 1. The quantitative estimate of drug-likeness (QED) is 0.843. The molecule has 4 heteroatoms. The highest BCUT2D eigenvalue weighted by atomic mass is 32.1. The van der Waals surface area contributed by atoms with Crippen molar-refractivity contribution in [2.24, 2.45) is 0 Å². The van der Waals surface area contributed by atoms with Crippen LogP contribution >= 0.6 is 11.3 Å². The molecule has 0 radical (unpaired) electrons. The van der Waals surface area contributed by atoms with Gasteiger partial charge in [-0.3, -0.25) is 4.79 Å². The van der Waals surface area contributed by atoms with Gasteiger partial charge in [-0.25, -0.2) is 0 Å². The third kappa shape index (κ3) is 2.79. The molecule has 1 aromatic heterocycles. The Bertz CT molecular complexity index is 323. The van der Waals surface area contributed by atoms with Crippen molar-refractivity contribution in [1.29, 1.82) is 0 Å². The van der Waals surface area contributed by atoms with E-state index in [2.05, 4.69) is 22.1 Å². The predicted octanol–water partition coefficient (Wildman–Crippen LogP) is 1.46. The van der Waals surface area contributed by atoms with Crippen LogP contribution in [-0.2, 0) is 11.3 Å². The molecule has 2 heterocycles. The molecule has 0 aliphatic carbocycles. The summed E-state index contributed by atoms with van der Waals surface area (Å²) in [5, 5.41) is 7.73. The molecule has 0 spiro atoms. The number of nitrogens with one attached hydrogen (secondary N) is 1. The summed E-state index contributed by atoms with van der Waals surface area (Å²) < 4.78 is 0. The van der Waals surface area contributed by atoms with E-state index in [1.807, 2.05) is 4.90 Å². The second-order valence-corrected chi connectivity index (χ2v) is 4.74. The van der Waals surface area contributed by atoms with Crippen LogP contribution in [0, 0.1) is 0 Å². The zero-order valence-electron chi connectivity index (χ0n) is 8.90. The third-order valence-electron chi connectivity index (χ3n) is 2.81. The number of carbonyl (C=O) groups excluding carboxylic acids is 1. The summed E-state index contributed by atoms with van der Waals surface area (Å²) in [6, 6.07) is 2.60. The molecule has 1 atom stereocenters. The first-order valence-corrected chi connectivity index (χ1v) is 6.20. The van der Waals surface area contributed by atoms with Crippen molar-refractivity contribution in [2.75, 3.05) is 13.1 Å². The van der Waals surface area contributed by atoms with Crippen LogP contribution in [0.3, 0.4) is 0 Å². The molecular formula is C11H16N2OS. The normalized spacial score (nSPS) is 20.9. The van der Waals surface area contributed by atoms with E-state index in [4.69, 9.17) is 0 Å². The molecule has 1 saturated heterocycles. The fourth-order valence-corrected chi connectivity index (χ4v) is 2.54. The topological polar surface area (TPSA) is 32.3 Å². The van der Waals surface area contributed by atoms with Gasteiger partial charge < -0.3 is 10.2 Å². The Morgan fingerprint density at radius 1 is 1.73 bits per heavy atom. The summed E-state index contributed by atoms with van der Waals surface area (Å²) in [4.78, 5) is 13.0. The molecule has 3 nitrogen and oxygen atoms in total. The van der Waals surface area contributed by atoms with Crippen molar-refractivity contribution in [1.82, 2.24) is 10.2 Å². The molecule has 1 aliphatic heterocycles. The largest absolute Gasteiger partial charge is 0.341 e. The summed E-state index contributed by atoms with van der Waals surface area (Å²) in [5.41, 5.74) is 1.33. The maximum atomic E-state index is 11.1. The maximum absolute atomic E-state index is 11.1. The van der Waals surface area contributed by atoms with Crippen LogP contribution in [0.4, 0.5) is 0 Å². The number of hydrogen-bond acceptors (Lipinski definition) is 3. The second kappa shape index (κ2) is 4.77. The molecule has 1 aliphatic rings. The van der Waals surface area contributed by atoms with Crippen molar-refractivity contribution in [3.05, 3.63) is 22.4 Å².